The molecular formula is C29H57N5O6. The van der Waals surface area contributed by atoms with Crippen molar-refractivity contribution in [3.05, 3.63) is 10.1 Å². The van der Waals surface area contributed by atoms with Crippen molar-refractivity contribution in [3.63, 3.8) is 0 Å². The quantitative estimate of drug-likeness (QED) is 0.0250. The van der Waals surface area contributed by atoms with Gasteiger partial charge in [0.15, 0.2) is 5.03 Å². The smallest absolute Gasteiger partial charge is 0.305 e. The second kappa shape index (κ2) is 28.1. The molecule has 4 N–H and O–H groups in total. The molecule has 0 fully saturated rings. The number of carbonyl (C=O) groups is 2. The third kappa shape index (κ3) is 28.6. The van der Waals surface area contributed by atoms with E-state index in [2.05, 4.69) is 22.2 Å². The van der Waals surface area contributed by atoms with Gasteiger partial charge >= 0.3 is 11.9 Å². The highest BCUT2D eigenvalue weighted by molar-refractivity contribution is 5.76. The number of hydrazone groups is 1. The monoisotopic (exact) mass is 571 g/mol. The average molecular weight is 572 g/mol. The molecule has 0 aromatic rings. The zero-order valence-electron chi connectivity index (χ0n) is 25.1. The Bertz CT molecular complexity index is 677. The minimum atomic E-state index is -0.814. The van der Waals surface area contributed by atoms with Gasteiger partial charge in [-0.3, -0.25) is 9.59 Å². The molecule has 11 nitrogen and oxygen atoms in total. The molecule has 0 rings (SSSR count). The van der Waals surface area contributed by atoms with E-state index >= 15 is 0 Å². The van der Waals surface area contributed by atoms with Crippen molar-refractivity contribution in [2.75, 3.05) is 32.8 Å². The second-order valence-corrected chi connectivity index (χ2v) is 10.6. The zero-order chi connectivity index (χ0) is 29.7. The number of hydrogen-bond acceptors (Lipinski definition) is 6. The van der Waals surface area contributed by atoms with Gasteiger partial charge in [0.05, 0.1) is 6.61 Å². The van der Waals surface area contributed by atoms with Crippen molar-refractivity contribution in [1.82, 2.24) is 10.2 Å². The molecule has 40 heavy (non-hydrogen) atoms. The number of nitrogens with two attached hydrogens (primary N) is 1. The van der Waals surface area contributed by atoms with Gasteiger partial charge < -0.3 is 25.8 Å². The summed E-state index contributed by atoms with van der Waals surface area (Å²) < 4.78 is 5.36. The van der Waals surface area contributed by atoms with Crippen LogP contribution in [-0.4, -0.2) is 65.7 Å². The van der Waals surface area contributed by atoms with Crippen molar-refractivity contribution < 1.29 is 24.5 Å². The Labute approximate surface area is 241 Å². The van der Waals surface area contributed by atoms with E-state index in [1.165, 1.54) is 32.1 Å². The van der Waals surface area contributed by atoms with Crippen molar-refractivity contribution in [3.8, 4) is 0 Å². The average Bonchev–Trinajstić information content (AvgIpc) is 2.90. The zero-order valence-corrected chi connectivity index (χ0v) is 25.1. The molecule has 11 heteroatoms. The fourth-order valence-electron chi connectivity index (χ4n) is 4.57. The summed E-state index contributed by atoms with van der Waals surface area (Å²) in [5.41, 5.74) is 5.48. The first kappa shape index (κ1) is 37.6. The van der Waals surface area contributed by atoms with Crippen molar-refractivity contribution in [1.29, 1.82) is 0 Å². The first-order chi connectivity index (χ1) is 19.3. The highest BCUT2D eigenvalue weighted by Gasteiger charge is 2.07. The van der Waals surface area contributed by atoms with Crippen LogP contribution in [0, 0.1) is 10.1 Å². The normalized spacial score (nSPS) is 11.6. The maximum atomic E-state index is 11.9. The van der Waals surface area contributed by atoms with Gasteiger partial charge in [0, 0.05) is 19.4 Å². The lowest BCUT2D eigenvalue weighted by molar-refractivity contribution is -0.485. The number of esters is 1. The van der Waals surface area contributed by atoms with Crippen LogP contribution >= 0.6 is 0 Å². The van der Waals surface area contributed by atoms with Gasteiger partial charge in [-0.25, -0.2) is 10.1 Å². The summed E-state index contributed by atoms with van der Waals surface area (Å²) in [7, 11) is 0. The van der Waals surface area contributed by atoms with E-state index in [4.69, 9.17) is 15.6 Å². The van der Waals surface area contributed by atoms with Crippen LogP contribution in [0.4, 0.5) is 0 Å². The van der Waals surface area contributed by atoms with Crippen LogP contribution in [0.1, 0.15) is 135 Å². The summed E-state index contributed by atoms with van der Waals surface area (Å²) >= 11 is 0. The number of carboxylic acids is 1. The van der Waals surface area contributed by atoms with E-state index in [1.807, 2.05) is 0 Å². The Morgan fingerprint density at radius 3 is 1.88 bits per heavy atom. The minimum Gasteiger partial charge on any atom is -0.481 e. The van der Waals surface area contributed by atoms with E-state index in [9.17, 15) is 19.7 Å². The largest absolute Gasteiger partial charge is 0.481 e. The van der Waals surface area contributed by atoms with Crippen LogP contribution in [0.3, 0.4) is 0 Å². The molecule has 0 saturated carbocycles. The van der Waals surface area contributed by atoms with Gasteiger partial charge in [-0.05, 0) is 58.2 Å². The summed E-state index contributed by atoms with van der Waals surface area (Å²) in [4.78, 5) is 35.3. The molecule has 0 aliphatic rings. The molecule has 0 spiro atoms. The fraction of sp³-hybridized carbons (Fsp3) is 0.897. The predicted molar refractivity (Wildman–Crippen MR) is 160 cm³/mol. The Balaban J connectivity index is 4.00. The number of carbonyl (C=O) groups excluding carboxylic acids is 1. The lowest BCUT2D eigenvalue weighted by Gasteiger charge is -2.22. The first-order valence-electron chi connectivity index (χ1n) is 15.7. The number of aliphatic carboxylic acids is 1. The third-order valence-corrected chi connectivity index (χ3v) is 6.88. The van der Waals surface area contributed by atoms with Crippen LogP contribution in [0.15, 0.2) is 5.10 Å². The van der Waals surface area contributed by atoms with Crippen molar-refractivity contribution in [2.45, 2.75) is 135 Å². The number of nitro groups is 1. The fourth-order valence-corrected chi connectivity index (χ4v) is 4.57. The Morgan fingerprint density at radius 1 is 0.800 bits per heavy atom. The number of guanidine groups is 1. The number of ether oxygens (including phenoxy) is 1. The van der Waals surface area contributed by atoms with Crippen LogP contribution in [-0.2, 0) is 14.3 Å². The molecule has 0 bridgehead atoms. The number of unbranched alkanes of at least 4 members (excludes halogenated alkanes) is 14. The van der Waals surface area contributed by atoms with E-state index in [1.54, 1.807) is 0 Å². The molecule has 0 amide bonds. The third-order valence-electron chi connectivity index (χ3n) is 6.88. The summed E-state index contributed by atoms with van der Waals surface area (Å²) in [6.07, 6.45) is 20.1. The molecular weight excluding hydrogens is 514 g/mol. The molecule has 0 atom stereocenters. The number of nitrogens with zero attached hydrogens (tertiary/aromatic N) is 3. The lowest BCUT2D eigenvalue weighted by Crippen LogP contribution is -2.35. The minimum absolute atomic E-state index is 0.0716. The standard InChI is InChI=1S/C29H57N5O6/c1-2-3-4-5-6-13-18-26-40-28(37)21-15-10-8-12-17-24-33(23-16-11-7-9-14-20-27(35)36)25-19-22-31-29(30)32-34(38)39/h2-26H2,1H3,(H,35,36)(H3,30,31,32). The van der Waals surface area contributed by atoms with Crippen molar-refractivity contribution >= 4 is 17.9 Å². The molecule has 0 unspecified atom stereocenters. The van der Waals surface area contributed by atoms with Gasteiger partial charge in [-0.2, -0.15) is 0 Å². The summed E-state index contributed by atoms with van der Waals surface area (Å²) in [6, 6.07) is 0. The molecule has 0 radical (unpaired) electrons. The van der Waals surface area contributed by atoms with Gasteiger partial charge in [0.25, 0.3) is 5.96 Å². The number of hydrogen-bond donors (Lipinski definition) is 3. The number of nitrogens with one attached hydrogen (secondary N) is 1. The Kier molecular flexibility index (Phi) is 26.4. The van der Waals surface area contributed by atoms with E-state index in [0.29, 0.717) is 19.6 Å². The number of rotatable bonds is 29. The predicted octanol–water partition coefficient (Wildman–Crippen LogP) is 5.83. The molecule has 0 saturated heterocycles. The van der Waals surface area contributed by atoms with Gasteiger partial charge in [-0.1, -0.05) is 84.0 Å². The SMILES string of the molecule is CCCCCCCCCOC(=O)CCCCCCCN(CCCCCCCC(=O)O)CCCN/C(N)=N\[N+](=O)[O-]. The molecule has 0 aromatic heterocycles. The highest BCUT2D eigenvalue weighted by atomic mass is 16.7. The Hall–Kier alpha value is -2.43. The van der Waals surface area contributed by atoms with Crippen LogP contribution in [0.5, 0.6) is 0 Å². The van der Waals surface area contributed by atoms with Gasteiger partial charge in [0.2, 0.25) is 0 Å². The van der Waals surface area contributed by atoms with E-state index < -0.39 is 11.0 Å². The topological polar surface area (TPSA) is 160 Å². The maximum Gasteiger partial charge on any atom is 0.305 e. The first-order valence-corrected chi connectivity index (χ1v) is 15.7. The van der Waals surface area contributed by atoms with Crippen molar-refractivity contribution in [2.24, 2.45) is 10.8 Å². The number of carboxylic acid groups (broad SMARTS) is 1. The highest BCUT2D eigenvalue weighted by Crippen LogP contribution is 2.11. The van der Waals surface area contributed by atoms with E-state index in [-0.39, 0.29) is 18.3 Å². The molecule has 234 valence electrons. The molecule has 0 aromatic carbocycles. The van der Waals surface area contributed by atoms with Crippen LogP contribution in [0.25, 0.3) is 0 Å². The lowest BCUT2D eigenvalue weighted by atomic mass is 10.1. The summed E-state index contributed by atoms with van der Waals surface area (Å²) in [6.45, 7) is 6.11. The van der Waals surface area contributed by atoms with E-state index in [0.717, 1.165) is 103 Å². The summed E-state index contributed by atoms with van der Waals surface area (Å²) in [5, 5.41) is 24.1. The second-order valence-electron chi connectivity index (χ2n) is 10.6. The van der Waals surface area contributed by atoms with Gasteiger partial charge in [0.1, 0.15) is 5.10 Å². The van der Waals surface area contributed by atoms with Crippen LogP contribution < -0.4 is 11.1 Å². The Morgan fingerprint density at radius 2 is 1.30 bits per heavy atom. The molecule has 0 aliphatic heterocycles. The molecule has 0 heterocycles. The van der Waals surface area contributed by atoms with Crippen LogP contribution in [0.2, 0.25) is 0 Å². The summed E-state index contributed by atoms with van der Waals surface area (Å²) in [5.74, 6) is -0.986. The molecule has 0 aliphatic carbocycles. The van der Waals surface area contributed by atoms with Gasteiger partial charge in [-0.15, -0.1) is 0 Å². The maximum absolute atomic E-state index is 11.9.